The lowest BCUT2D eigenvalue weighted by atomic mass is 10.0. The normalized spacial score (nSPS) is 19.3. The molecule has 0 spiro atoms. The Kier molecular flexibility index (Phi) is 2.19. The van der Waals surface area contributed by atoms with Gasteiger partial charge in [0, 0.05) is 0 Å². The van der Waals surface area contributed by atoms with Crippen molar-refractivity contribution in [1.29, 1.82) is 0 Å². The zero-order chi connectivity index (χ0) is 7.71. The van der Waals surface area contributed by atoms with Gasteiger partial charge >= 0.3 is 0 Å². The third kappa shape index (κ3) is 1.91. The minimum absolute atomic E-state index is 0.0938. The van der Waals surface area contributed by atoms with E-state index in [0.717, 1.165) is 6.92 Å². The molecule has 0 amide bonds. The van der Waals surface area contributed by atoms with Crippen LogP contribution < -0.4 is 5.73 Å². The Morgan fingerprint density at radius 2 is 1.67 bits per heavy atom. The van der Waals surface area contributed by atoms with Gasteiger partial charge in [0.1, 0.15) is 0 Å². The Labute approximate surface area is 53.9 Å². The summed E-state index contributed by atoms with van der Waals surface area (Å²) in [6.07, 6.45) is 0.0938. The summed E-state index contributed by atoms with van der Waals surface area (Å²) < 4.78 is 0. The van der Waals surface area contributed by atoms with Gasteiger partial charge in [-0.1, -0.05) is 6.92 Å². The monoisotopic (exact) mass is 135 g/mol. The van der Waals surface area contributed by atoms with Crippen molar-refractivity contribution in [2.24, 2.45) is 5.73 Å². The third-order valence-corrected chi connectivity index (χ3v) is 1.36. The van der Waals surface area contributed by atoms with Gasteiger partial charge in [-0.3, -0.25) is 5.73 Å². The number of rotatable bonds is 2. The molecule has 9 heavy (non-hydrogen) atoms. The molecule has 56 valence electrons. The maximum Gasteiger partial charge on any atom is 0.203 e. The Balaban J connectivity index is 4.14. The van der Waals surface area contributed by atoms with Crippen LogP contribution in [0.1, 0.15) is 20.3 Å². The van der Waals surface area contributed by atoms with Gasteiger partial charge in [0.2, 0.25) is 5.79 Å². The second-order valence-electron chi connectivity index (χ2n) is 2.30. The molecule has 0 aliphatic heterocycles. The molecule has 0 saturated heterocycles. The van der Waals surface area contributed by atoms with Gasteiger partial charge in [0.15, 0.2) is 5.72 Å². The van der Waals surface area contributed by atoms with E-state index < -0.39 is 11.5 Å². The van der Waals surface area contributed by atoms with Crippen molar-refractivity contribution in [3.63, 3.8) is 0 Å². The van der Waals surface area contributed by atoms with E-state index in [0.29, 0.717) is 0 Å². The fraction of sp³-hybridized carbons (Fsp3) is 1.00. The number of aliphatic hydroxyl groups is 3. The molecule has 1 unspecified atom stereocenters. The van der Waals surface area contributed by atoms with Crippen molar-refractivity contribution in [2.45, 2.75) is 31.8 Å². The molecule has 0 radical (unpaired) electrons. The molecule has 0 heterocycles. The topological polar surface area (TPSA) is 86.7 Å². The number of hydrogen-bond donors (Lipinski definition) is 4. The van der Waals surface area contributed by atoms with Gasteiger partial charge in [0.05, 0.1) is 0 Å². The van der Waals surface area contributed by atoms with E-state index in [1.165, 1.54) is 0 Å². The lowest BCUT2D eigenvalue weighted by Gasteiger charge is -2.32. The Morgan fingerprint density at radius 3 is 1.67 bits per heavy atom. The predicted molar refractivity (Wildman–Crippen MR) is 32.3 cm³/mol. The lowest BCUT2D eigenvalue weighted by molar-refractivity contribution is -0.262. The average Bonchev–Trinajstić information content (AvgIpc) is 1.64. The summed E-state index contributed by atoms with van der Waals surface area (Å²) in [4.78, 5) is 0. The summed E-state index contributed by atoms with van der Waals surface area (Å²) in [6.45, 7) is 2.60. The van der Waals surface area contributed by atoms with Crippen LogP contribution in [0.2, 0.25) is 0 Å². The minimum atomic E-state index is -2.22. The highest BCUT2D eigenvalue weighted by atomic mass is 16.5. The number of hydrogen-bond acceptors (Lipinski definition) is 4. The molecule has 0 rings (SSSR count). The predicted octanol–water partition coefficient (Wildman–Crippen LogP) is -1.26. The van der Waals surface area contributed by atoms with Crippen molar-refractivity contribution < 1.29 is 15.3 Å². The summed E-state index contributed by atoms with van der Waals surface area (Å²) in [5.41, 5.74) is 3.14. The maximum absolute atomic E-state index is 8.94. The Morgan fingerprint density at radius 1 is 1.33 bits per heavy atom. The molecule has 1 atom stereocenters. The fourth-order valence-corrected chi connectivity index (χ4v) is 0.335. The molecular formula is C5H13NO3. The van der Waals surface area contributed by atoms with Crippen LogP contribution in [0.5, 0.6) is 0 Å². The van der Waals surface area contributed by atoms with Gasteiger partial charge in [-0.2, -0.15) is 0 Å². The van der Waals surface area contributed by atoms with Crippen LogP contribution in [-0.2, 0) is 0 Å². The van der Waals surface area contributed by atoms with E-state index in [2.05, 4.69) is 0 Å². The zero-order valence-electron chi connectivity index (χ0n) is 5.63. The van der Waals surface area contributed by atoms with Crippen molar-refractivity contribution in [3.8, 4) is 0 Å². The van der Waals surface area contributed by atoms with Crippen molar-refractivity contribution in [1.82, 2.24) is 0 Å². The third-order valence-electron chi connectivity index (χ3n) is 1.36. The van der Waals surface area contributed by atoms with E-state index in [1.54, 1.807) is 6.92 Å². The van der Waals surface area contributed by atoms with E-state index in [1.807, 2.05) is 0 Å². The van der Waals surface area contributed by atoms with Crippen molar-refractivity contribution in [2.75, 3.05) is 0 Å². The second-order valence-corrected chi connectivity index (χ2v) is 2.30. The molecule has 0 aliphatic rings. The van der Waals surface area contributed by atoms with Crippen LogP contribution in [0.3, 0.4) is 0 Å². The zero-order valence-corrected chi connectivity index (χ0v) is 5.63. The minimum Gasteiger partial charge on any atom is -0.371 e. The van der Waals surface area contributed by atoms with Gasteiger partial charge in [-0.25, -0.2) is 0 Å². The van der Waals surface area contributed by atoms with Crippen LogP contribution in [0, 0.1) is 0 Å². The second kappa shape index (κ2) is 2.22. The highest BCUT2D eigenvalue weighted by Crippen LogP contribution is 2.15. The SMILES string of the molecule is CCC(N)(O)C(C)(O)O. The molecule has 0 fully saturated rings. The summed E-state index contributed by atoms with van der Waals surface area (Å²) >= 11 is 0. The standard InChI is InChI=1S/C5H13NO3/c1-3-5(6,9)4(2,7)8/h7-9H,3,6H2,1-2H3. The molecule has 0 aromatic heterocycles. The van der Waals surface area contributed by atoms with Crippen LogP contribution in [0.4, 0.5) is 0 Å². The molecular weight excluding hydrogens is 122 g/mol. The van der Waals surface area contributed by atoms with Gasteiger partial charge in [-0.15, -0.1) is 0 Å². The first-order valence-electron chi connectivity index (χ1n) is 2.77. The first-order valence-corrected chi connectivity index (χ1v) is 2.77. The first-order chi connectivity index (χ1) is 3.81. The largest absolute Gasteiger partial charge is 0.371 e. The highest BCUT2D eigenvalue weighted by molar-refractivity contribution is 4.80. The molecule has 0 bridgehead atoms. The maximum atomic E-state index is 8.94. The highest BCUT2D eigenvalue weighted by Gasteiger charge is 2.38. The summed E-state index contributed by atoms with van der Waals surface area (Å²) in [5.74, 6) is -2.22. The molecule has 0 saturated carbocycles. The molecule has 0 aromatic rings. The van der Waals surface area contributed by atoms with E-state index >= 15 is 0 Å². The number of nitrogens with two attached hydrogens (primary N) is 1. The van der Waals surface area contributed by atoms with Crippen molar-refractivity contribution >= 4 is 0 Å². The fourth-order valence-electron chi connectivity index (χ4n) is 0.335. The summed E-state index contributed by atoms with van der Waals surface area (Å²) in [7, 11) is 0. The van der Waals surface area contributed by atoms with Crippen LogP contribution in [-0.4, -0.2) is 26.8 Å². The quantitative estimate of drug-likeness (QED) is 0.356. The van der Waals surface area contributed by atoms with Gasteiger partial charge in [-0.05, 0) is 13.3 Å². The Bertz CT molecular complexity index is 94.9. The average molecular weight is 135 g/mol. The molecule has 0 aliphatic carbocycles. The van der Waals surface area contributed by atoms with Gasteiger partial charge < -0.3 is 15.3 Å². The molecule has 4 nitrogen and oxygen atoms in total. The smallest absolute Gasteiger partial charge is 0.203 e. The van der Waals surface area contributed by atoms with Crippen molar-refractivity contribution in [3.05, 3.63) is 0 Å². The summed E-state index contributed by atoms with van der Waals surface area (Å²) in [6, 6.07) is 0. The molecule has 0 aromatic carbocycles. The van der Waals surface area contributed by atoms with E-state index in [4.69, 9.17) is 21.1 Å². The molecule has 5 N–H and O–H groups in total. The Hall–Kier alpha value is -0.160. The molecule has 4 heteroatoms. The van der Waals surface area contributed by atoms with E-state index in [9.17, 15) is 0 Å². The lowest BCUT2D eigenvalue weighted by Crippen LogP contribution is -2.58. The first kappa shape index (κ1) is 8.84. The van der Waals surface area contributed by atoms with Gasteiger partial charge in [0.25, 0.3) is 0 Å². The summed E-state index contributed by atoms with van der Waals surface area (Å²) in [5, 5.41) is 26.4. The van der Waals surface area contributed by atoms with Crippen LogP contribution >= 0.6 is 0 Å². The van der Waals surface area contributed by atoms with Crippen LogP contribution in [0.15, 0.2) is 0 Å². The van der Waals surface area contributed by atoms with E-state index in [-0.39, 0.29) is 6.42 Å². The van der Waals surface area contributed by atoms with Crippen LogP contribution in [0.25, 0.3) is 0 Å².